The van der Waals surface area contributed by atoms with Crippen LogP contribution in [-0.4, -0.2) is 10.3 Å². The van der Waals surface area contributed by atoms with Crippen molar-refractivity contribution in [3.63, 3.8) is 0 Å². The third-order valence-corrected chi connectivity index (χ3v) is 2.60. The normalized spacial score (nSPS) is 14.0. The Morgan fingerprint density at radius 2 is 0.889 bits per heavy atom. The van der Waals surface area contributed by atoms with E-state index >= 15 is 0 Å². The highest BCUT2D eigenvalue weighted by Crippen LogP contribution is 2.41. The summed E-state index contributed by atoms with van der Waals surface area (Å²) in [5.74, 6) is 0. The van der Waals surface area contributed by atoms with E-state index in [1.54, 1.807) is 0 Å². The summed E-state index contributed by atoms with van der Waals surface area (Å²) in [5.41, 5.74) is 0. The number of rotatable bonds is 0. The fourth-order valence-corrected chi connectivity index (χ4v) is 3.90. The standard InChI is InChI=1S/C8H19P/c1-7(2,3)9-8(4,5)6/h9H,1-6H3/p+1. The van der Waals surface area contributed by atoms with Crippen molar-refractivity contribution in [2.45, 2.75) is 51.9 Å². The highest BCUT2D eigenvalue weighted by atomic mass is 31.1. The Labute approximate surface area is 61.2 Å². The SMILES string of the molecule is CC(C)(C)[PH2+]C(C)(C)C. The van der Waals surface area contributed by atoms with Gasteiger partial charge in [-0.25, -0.2) is 0 Å². The molecule has 0 aromatic heterocycles. The van der Waals surface area contributed by atoms with E-state index in [0.717, 1.165) is 0 Å². The quantitative estimate of drug-likeness (QED) is 0.462. The molecule has 0 saturated heterocycles. The van der Waals surface area contributed by atoms with Gasteiger partial charge in [0.25, 0.3) is 0 Å². The van der Waals surface area contributed by atoms with Gasteiger partial charge in [-0.05, 0) is 50.1 Å². The van der Waals surface area contributed by atoms with Gasteiger partial charge in [0, 0.05) is 0 Å². The maximum atomic E-state index is 2.33. The second kappa shape index (κ2) is 2.58. The van der Waals surface area contributed by atoms with E-state index in [4.69, 9.17) is 0 Å². The van der Waals surface area contributed by atoms with Gasteiger partial charge >= 0.3 is 0 Å². The van der Waals surface area contributed by atoms with Gasteiger partial charge in [-0.2, -0.15) is 0 Å². The molecule has 9 heavy (non-hydrogen) atoms. The Bertz CT molecular complexity index is 69.7. The van der Waals surface area contributed by atoms with Crippen LogP contribution >= 0.6 is 8.58 Å². The molecule has 1 heteroatoms. The van der Waals surface area contributed by atoms with E-state index in [-0.39, 0.29) is 0 Å². The summed E-state index contributed by atoms with van der Waals surface area (Å²) < 4.78 is 0. The summed E-state index contributed by atoms with van der Waals surface area (Å²) in [4.78, 5) is 0. The van der Waals surface area contributed by atoms with Crippen LogP contribution in [0.2, 0.25) is 0 Å². The van der Waals surface area contributed by atoms with E-state index in [1.807, 2.05) is 0 Å². The lowest BCUT2D eigenvalue weighted by Gasteiger charge is -2.21. The zero-order valence-electron chi connectivity index (χ0n) is 7.58. The highest BCUT2D eigenvalue weighted by Gasteiger charge is 2.27. The number of hydrogen-bond donors (Lipinski definition) is 0. The Kier molecular flexibility index (Phi) is 2.70. The first-order valence-electron chi connectivity index (χ1n) is 3.58. The van der Waals surface area contributed by atoms with Gasteiger partial charge in [0.2, 0.25) is 0 Å². The van der Waals surface area contributed by atoms with Crippen LogP contribution in [0.4, 0.5) is 0 Å². The molecule has 0 spiro atoms. The molecule has 0 radical (unpaired) electrons. The van der Waals surface area contributed by atoms with Crippen molar-refractivity contribution >= 4 is 8.58 Å². The second-order valence-electron chi connectivity index (χ2n) is 4.88. The van der Waals surface area contributed by atoms with Gasteiger partial charge in [0.05, 0.1) is 10.3 Å². The van der Waals surface area contributed by atoms with Crippen LogP contribution in [0.15, 0.2) is 0 Å². The molecule has 0 aliphatic rings. The molecule has 0 fully saturated rings. The van der Waals surface area contributed by atoms with Crippen molar-refractivity contribution in [1.29, 1.82) is 0 Å². The summed E-state index contributed by atoms with van der Waals surface area (Å²) in [6.45, 7) is 14.0. The van der Waals surface area contributed by atoms with Crippen molar-refractivity contribution in [2.24, 2.45) is 0 Å². The monoisotopic (exact) mass is 147 g/mol. The Balaban J connectivity index is 3.75. The Morgan fingerprint density at radius 3 is 0.889 bits per heavy atom. The summed E-state index contributed by atoms with van der Waals surface area (Å²) in [5, 5.41) is 1.14. The zero-order chi connectivity index (χ0) is 7.71. The van der Waals surface area contributed by atoms with Crippen LogP contribution in [0.1, 0.15) is 41.5 Å². The fourth-order valence-electron chi connectivity index (χ4n) is 1.30. The first-order valence-corrected chi connectivity index (χ1v) is 4.73. The zero-order valence-corrected chi connectivity index (χ0v) is 8.73. The van der Waals surface area contributed by atoms with E-state index in [1.165, 1.54) is 0 Å². The minimum atomic E-state index is 0.568. The average Bonchev–Trinajstić information content (AvgIpc) is 1.14. The van der Waals surface area contributed by atoms with Crippen LogP contribution < -0.4 is 0 Å². The average molecular weight is 147 g/mol. The lowest BCUT2D eigenvalue weighted by molar-refractivity contribution is 0.725. The van der Waals surface area contributed by atoms with Crippen molar-refractivity contribution in [3.8, 4) is 0 Å². The minimum absolute atomic E-state index is 0.568. The largest absolute Gasteiger partial charge is 0.0675 e. The summed E-state index contributed by atoms with van der Waals surface area (Å²) >= 11 is 0. The summed E-state index contributed by atoms with van der Waals surface area (Å²) in [7, 11) is 0.569. The van der Waals surface area contributed by atoms with Gasteiger partial charge in [0.15, 0.2) is 0 Å². The smallest absolute Gasteiger partial charge is 0.0263 e. The molecule has 0 saturated carbocycles. The molecule has 0 heterocycles. The molecule has 0 amide bonds. The van der Waals surface area contributed by atoms with Crippen molar-refractivity contribution in [2.75, 3.05) is 0 Å². The second-order valence-corrected chi connectivity index (χ2v) is 8.63. The molecule has 0 N–H and O–H groups in total. The van der Waals surface area contributed by atoms with E-state index in [2.05, 4.69) is 41.5 Å². The molecular formula is C8H20P+. The van der Waals surface area contributed by atoms with Crippen LogP contribution in [0.3, 0.4) is 0 Å². The van der Waals surface area contributed by atoms with Gasteiger partial charge < -0.3 is 0 Å². The lowest BCUT2D eigenvalue weighted by Crippen LogP contribution is -2.16. The van der Waals surface area contributed by atoms with Gasteiger partial charge in [0.1, 0.15) is 0 Å². The summed E-state index contributed by atoms with van der Waals surface area (Å²) in [6.07, 6.45) is 0. The topological polar surface area (TPSA) is 0 Å². The van der Waals surface area contributed by atoms with Gasteiger partial charge in [-0.3, -0.25) is 0 Å². The van der Waals surface area contributed by atoms with Crippen LogP contribution in [-0.2, 0) is 0 Å². The fraction of sp³-hybridized carbons (Fsp3) is 1.00. The van der Waals surface area contributed by atoms with E-state index < -0.39 is 0 Å². The Morgan fingerprint density at radius 1 is 0.667 bits per heavy atom. The maximum absolute atomic E-state index is 2.33. The van der Waals surface area contributed by atoms with Crippen LogP contribution in [0.25, 0.3) is 0 Å². The number of hydrogen-bond acceptors (Lipinski definition) is 0. The van der Waals surface area contributed by atoms with Crippen LogP contribution in [0.5, 0.6) is 0 Å². The Hall–Kier alpha value is 0.430. The molecule has 0 unspecified atom stereocenters. The van der Waals surface area contributed by atoms with Crippen LogP contribution in [0, 0.1) is 0 Å². The van der Waals surface area contributed by atoms with Crippen molar-refractivity contribution in [1.82, 2.24) is 0 Å². The summed E-state index contributed by atoms with van der Waals surface area (Å²) in [6, 6.07) is 0. The lowest BCUT2D eigenvalue weighted by atomic mass is 10.2. The first-order chi connectivity index (χ1) is 3.71. The van der Waals surface area contributed by atoms with Gasteiger partial charge in [-0.1, -0.05) is 0 Å². The minimum Gasteiger partial charge on any atom is -0.0263 e. The molecule has 0 bridgehead atoms. The van der Waals surface area contributed by atoms with Crippen molar-refractivity contribution in [3.05, 3.63) is 0 Å². The third kappa shape index (κ3) is 8.43. The molecule has 56 valence electrons. The van der Waals surface area contributed by atoms with E-state index in [0.29, 0.717) is 18.9 Å². The molecule has 0 aliphatic carbocycles. The van der Waals surface area contributed by atoms with Crippen molar-refractivity contribution < 1.29 is 0 Å². The predicted molar refractivity (Wildman–Crippen MR) is 49.2 cm³/mol. The maximum Gasteiger partial charge on any atom is 0.0675 e. The molecule has 0 aromatic rings. The van der Waals surface area contributed by atoms with Gasteiger partial charge in [-0.15, -0.1) is 0 Å². The molecule has 0 atom stereocenters. The first kappa shape index (κ1) is 9.43. The molecule has 0 nitrogen and oxygen atoms in total. The molecule has 0 aromatic carbocycles. The molecular weight excluding hydrogens is 127 g/mol. The molecule has 0 rings (SSSR count). The van der Waals surface area contributed by atoms with E-state index in [9.17, 15) is 0 Å². The third-order valence-electron chi connectivity index (χ3n) is 0.866. The molecule has 0 aliphatic heterocycles. The predicted octanol–water partition coefficient (Wildman–Crippen LogP) is 2.99. The highest BCUT2D eigenvalue weighted by molar-refractivity contribution is 7.41.